The van der Waals surface area contributed by atoms with Crippen LogP contribution in [0.15, 0.2) is 35.7 Å². The summed E-state index contributed by atoms with van der Waals surface area (Å²) in [6.45, 7) is 1.67. The lowest BCUT2D eigenvalue weighted by atomic mass is 10.2. The fourth-order valence-electron chi connectivity index (χ4n) is 1.36. The van der Waals surface area contributed by atoms with Crippen LogP contribution in [0.2, 0.25) is 0 Å². The summed E-state index contributed by atoms with van der Waals surface area (Å²) in [4.78, 5) is 4.33. The van der Waals surface area contributed by atoms with Gasteiger partial charge in [0.15, 0.2) is 0 Å². The van der Waals surface area contributed by atoms with Crippen LogP contribution in [0.3, 0.4) is 0 Å². The highest BCUT2D eigenvalue weighted by molar-refractivity contribution is 7.09. The number of nitrogens with zero attached hydrogens (tertiary/aromatic N) is 1. The monoisotopic (exact) mass is 234 g/mol. The van der Waals surface area contributed by atoms with Crippen molar-refractivity contribution >= 4 is 11.3 Å². The molecule has 2 rings (SSSR count). The van der Waals surface area contributed by atoms with E-state index in [1.54, 1.807) is 11.3 Å². The molecule has 0 aliphatic heterocycles. The minimum atomic E-state index is 0.503. The van der Waals surface area contributed by atoms with Crippen molar-refractivity contribution < 1.29 is 4.74 Å². The molecule has 1 aromatic carbocycles. The molecule has 0 saturated carbocycles. The summed E-state index contributed by atoms with van der Waals surface area (Å²) in [5.41, 5.74) is 7.63. The molecule has 0 atom stereocenters. The van der Waals surface area contributed by atoms with Gasteiger partial charge < -0.3 is 10.5 Å². The molecule has 0 radical (unpaired) electrons. The van der Waals surface area contributed by atoms with Crippen LogP contribution in [0, 0.1) is 0 Å². The quantitative estimate of drug-likeness (QED) is 0.863. The highest BCUT2D eigenvalue weighted by Crippen LogP contribution is 2.10. The molecule has 3 nitrogen and oxygen atoms in total. The molecule has 0 unspecified atom stereocenters. The molecule has 2 N–H and O–H groups in total. The van der Waals surface area contributed by atoms with Gasteiger partial charge in [0.1, 0.15) is 5.01 Å². The summed E-state index contributed by atoms with van der Waals surface area (Å²) in [5, 5.41) is 2.95. The lowest BCUT2D eigenvalue weighted by Crippen LogP contribution is -1.97. The molecule has 1 heterocycles. The summed E-state index contributed by atoms with van der Waals surface area (Å²) in [6, 6.07) is 10.1. The van der Waals surface area contributed by atoms with Crippen molar-refractivity contribution in [2.24, 2.45) is 5.73 Å². The van der Waals surface area contributed by atoms with Crippen LogP contribution < -0.4 is 5.73 Å². The van der Waals surface area contributed by atoms with Gasteiger partial charge >= 0.3 is 0 Å². The van der Waals surface area contributed by atoms with Gasteiger partial charge in [0.2, 0.25) is 0 Å². The van der Waals surface area contributed by atoms with Crippen LogP contribution in [-0.4, -0.2) is 4.98 Å². The van der Waals surface area contributed by atoms with E-state index >= 15 is 0 Å². The molecule has 0 spiro atoms. The van der Waals surface area contributed by atoms with Gasteiger partial charge in [-0.1, -0.05) is 30.3 Å². The van der Waals surface area contributed by atoms with Gasteiger partial charge in [-0.3, -0.25) is 0 Å². The lowest BCUT2D eigenvalue weighted by molar-refractivity contribution is 0.105. The Morgan fingerprint density at radius 2 is 2.00 bits per heavy atom. The van der Waals surface area contributed by atoms with Crippen molar-refractivity contribution in [2.45, 2.75) is 19.8 Å². The van der Waals surface area contributed by atoms with Crippen LogP contribution in [0.4, 0.5) is 0 Å². The van der Waals surface area contributed by atoms with Crippen molar-refractivity contribution in [3.63, 3.8) is 0 Å². The van der Waals surface area contributed by atoms with Crippen LogP contribution in [0.1, 0.15) is 16.3 Å². The summed E-state index contributed by atoms with van der Waals surface area (Å²) in [7, 11) is 0. The van der Waals surface area contributed by atoms with E-state index in [2.05, 4.69) is 4.98 Å². The van der Waals surface area contributed by atoms with E-state index in [1.165, 1.54) is 5.56 Å². The average molecular weight is 234 g/mol. The Morgan fingerprint density at radius 1 is 1.19 bits per heavy atom. The van der Waals surface area contributed by atoms with Gasteiger partial charge in [-0.2, -0.15) is 0 Å². The number of ether oxygens (including phenoxy) is 1. The SMILES string of the molecule is NCc1nc(COCc2ccccc2)cs1. The lowest BCUT2D eigenvalue weighted by Gasteiger charge is -2.01. The third-order valence-corrected chi connectivity index (χ3v) is 3.06. The maximum Gasteiger partial charge on any atom is 0.107 e. The average Bonchev–Trinajstić information content (AvgIpc) is 2.78. The van der Waals surface area contributed by atoms with Gasteiger partial charge in [0.05, 0.1) is 18.9 Å². The molecule has 2 aromatic rings. The normalized spacial score (nSPS) is 10.6. The number of hydrogen-bond donors (Lipinski definition) is 1. The Labute approximate surface area is 98.9 Å². The highest BCUT2D eigenvalue weighted by atomic mass is 32.1. The van der Waals surface area contributed by atoms with Crippen molar-refractivity contribution in [1.29, 1.82) is 0 Å². The molecule has 0 aliphatic rings. The number of hydrogen-bond acceptors (Lipinski definition) is 4. The standard InChI is InChI=1S/C12H14N2OS/c13-6-12-14-11(9-16-12)8-15-7-10-4-2-1-3-5-10/h1-5,9H,6-8,13H2. The van der Waals surface area contributed by atoms with E-state index in [4.69, 9.17) is 10.5 Å². The second-order valence-electron chi connectivity index (χ2n) is 3.42. The zero-order valence-electron chi connectivity index (χ0n) is 8.93. The van der Waals surface area contributed by atoms with E-state index in [1.807, 2.05) is 35.7 Å². The van der Waals surface area contributed by atoms with E-state index in [-0.39, 0.29) is 0 Å². The molecule has 0 bridgehead atoms. The second kappa shape index (κ2) is 5.75. The predicted octanol–water partition coefficient (Wildman–Crippen LogP) is 2.32. The van der Waals surface area contributed by atoms with E-state index < -0.39 is 0 Å². The maximum absolute atomic E-state index is 5.57. The zero-order valence-corrected chi connectivity index (χ0v) is 9.74. The number of rotatable bonds is 5. The molecule has 1 aromatic heterocycles. The smallest absolute Gasteiger partial charge is 0.107 e. The molecule has 0 amide bonds. The summed E-state index contributed by atoms with van der Waals surface area (Å²) >= 11 is 1.58. The molecular weight excluding hydrogens is 220 g/mol. The van der Waals surface area contributed by atoms with Crippen LogP contribution in [-0.2, 0) is 24.5 Å². The summed E-state index contributed by atoms with van der Waals surface area (Å²) in [6.07, 6.45) is 0. The second-order valence-corrected chi connectivity index (χ2v) is 4.36. The van der Waals surface area contributed by atoms with Crippen LogP contribution in [0.5, 0.6) is 0 Å². The number of benzene rings is 1. The minimum Gasteiger partial charge on any atom is -0.370 e. The van der Waals surface area contributed by atoms with Gasteiger partial charge in [-0.05, 0) is 5.56 Å². The van der Waals surface area contributed by atoms with Gasteiger partial charge in [-0.15, -0.1) is 11.3 Å². The van der Waals surface area contributed by atoms with Crippen LogP contribution >= 0.6 is 11.3 Å². The fourth-order valence-corrected chi connectivity index (χ4v) is 2.02. The number of thiazole rings is 1. The van der Waals surface area contributed by atoms with E-state index in [0.29, 0.717) is 19.8 Å². The Hall–Kier alpha value is -1.23. The van der Waals surface area contributed by atoms with Crippen LogP contribution in [0.25, 0.3) is 0 Å². The topological polar surface area (TPSA) is 48.1 Å². The molecular formula is C12H14N2OS. The molecule has 0 saturated heterocycles. The predicted molar refractivity (Wildman–Crippen MR) is 64.9 cm³/mol. The highest BCUT2D eigenvalue weighted by Gasteiger charge is 2.00. The molecule has 0 aliphatic carbocycles. The Balaban J connectivity index is 1.80. The van der Waals surface area contributed by atoms with Crippen molar-refractivity contribution in [3.8, 4) is 0 Å². The third-order valence-electron chi connectivity index (χ3n) is 2.14. The molecule has 16 heavy (non-hydrogen) atoms. The number of nitrogens with two attached hydrogens (primary N) is 1. The van der Waals surface area contributed by atoms with Gasteiger partial charge in [-0.25, -0.2) is 4.98 Å². The first-order valence-electron chi connectivity index (χ1n) is 5.13. The summed E-state index contributed by atoms with van der Waals surface area (Å²) < 4.78 is 5.57. The molecule has 0 fully saturated rings. The Morgan fingerprint density at radius 3 is 2.69 bits per heavy atom. The Bertz CT molecular complexity index is 428. The van der Waals surface area contributed by atoms with Crippen molar-refractivity contribution in [2.75, 3.05) is 0 Å². The molecule has 84 valence electrons. The third kappa shape index (κ3) is 3.13. The minimum absolute atomic E-state index is 0.503. The largest absolute Gasteiger partial charge is 0.370 e. The van der Waals surface area contributed by atoms with Gasteiger partial charge in [0, 0.05) is 11.9 Å². The maximum atomic E-state index is 5.57. The fraction of sp³-hybridized carbons (Fsp3) is 0.250. The van der Waals surface area contributed by atoms with Crippen molar-refractivity contribution in [1.82, 2.24) is 4.98 Å². The first-order chi connectivity index (χ1) is 7.88. The summed E-state index contributed by atoms with van der Waals surface area (Å²) in [5.74, 6) is 0. The van der Waals surface area contributed by atoms with Gasteiger partial charge in [0.25, 0.3) is 0 Å². The van der Waals surface area contributed by atoms with E-state index in [0.717, 1.165) is 10.7 Å². The first kappa shape index (κ1) is 11.3. The molecule has 4 heteroatoms. The zero-order chi connectivity index (χ0) is 11.2. The van der Waals surface area contributed by atoms with Crippen molar-refractivity contribution in [3.05, 3.63) is 52.0 Å². The first-order valence-corrected chi connectivity index (χ1v) is 6.01. The Kier molecular flexibility index (Phi) is 4.04. The number of aromatic nitrogens is 1. The van der Waals surface area contributed by atoms with E-state index in [9.17, 15) is 0 Å².